The van der Waals surface area contributed by atoms with Crippen LogP contribution in [0.15, 0.2) is 44.9 Å². The van der Waals surface area contributed by atoms with Crippen LogP contribution in [0.2, 0.25) is 0 Å². The number of hydrogen-bond donors (Lipinski definition) is 0. The Morgan fingerprint density at radius 2 is 1.90 bits per heavy atom. The molecule has 1 aromatic heterocycles. The zero-order chi connectivity index (χ0) is 14.4. The van der Waals surface area contributed by atoms with E-state index < -0.39 is 9.84 Å². The van der Waals surface area contributed by atoms with Crippen molar-refractivity contribution >= 4 is 9.84 Å². The van der Waals surface area contributed by atoms with Crippen LogP contribution in [0.1, 0.15) is 26.2 Å². The standard InChI is InChI=1S/C13H16N2O4S/c1-2-3-7-10-18-12-13(15-19-14-12)20(16,17)11-8-5-4-6-9-11/h4-6,8-9H,2-3,7,10H2,1H3. The molecule has 7 heteroatoms. The Morgan fingerprint density at radius 1 is 1.15 bits per heavy atom. The van der Waals surface area contributed by atoms with Crippen molar-refractivity contribution in [3.63, 3.8) is 0 Å². The van der Waals surface area contributed by atoms with Gasteiger partial charge in [-0.2, -0.15) is 0 Å². The summed E-state index contributed by atoms with van der Waals surface area (Å²) in [5.41, 5.74) is 0. The molecule has 0 aliphatic carbocycles. The zero-order valence-corrected chi connectivity index (χ0v) is 12.0. The second-order valence-electron chi connectivity index (χ2n) is 4.25. The quantitative estimate of drug-likeness (QED) is 0.730. The Hall–Kier alpha value is -1.89. The van der Waals surface area contributed by atoms with E-state index in [0.717, 1.165) is 19.3 Å². The molecule has 0 N–H and O–H groups in total. The van der Waals surface area contributed by atoms with Gasteiger partial charge in [0.2, 0.25) is 9.84 Å². The molecule has 0 fully saturated rings. The summed E-state index contributed by atoms with van der Waals surface area (Å²) >= 11 is 0. The van der Waals surface area contributed by atoms with Crippen LogP contribution < -0.4 is 4.74 Å². The smallest absolute Gasteiger partial charge is 0.295 e. The molecule has 0 aliphatic heterocycles. The summed E-state index contributed by atoms with van der Waals surface area (Å²) < 4.78 is 34.6. The molecule has 1 heterocycles. The van der Waals surface area contributed by atoms with Crippen molar-refractivity contribution in [3.05, 3.63) is 30.3 Å². The topological polar surface area (TPSA) is 82.3 Å². The van der Waals surface area contributed by atoms with Crippen molar-refractivity contribution in [1.29, 1.82) is 0 Å². The highest BCUT2D eigenvalue weighted by Crippen LogP contribution is 2.25. The van der Waals surface area contributed by atoms with Crippen LogP contribution in [0.4, 0.5) is 0 Å². The highest BCUT2D eigenvalue weighted by Gasteiger charge is 2.28. The molecule has 0 amide bonds. The van der Waals surface area contributed by atoms with Gasteiger partial charge in [-0.05, 0) is 28.9 Å². The van der Waals surface area contributed by atoms with Gasteiger partial charge < -0.3 is 4.74 Å². The number of benzene rings is 1. The highest BCUT2D eigenvalue weighted by atomic mass is 32.2. The second-order valence-corrected chi connectivity index (χ2v) is 6.11. The van der Waals surface area contributed by atoms with Crippen LogP contribution in [-0.4, -0.2) is 25.3 Å². The summed E-state index contributed by atoms with van der Waals surface area (Å²) in [4.78, 5) is 0.133. The molecule has 6 nitrogen and oxygen atoms in total. The van der Waals surface area contributed by atoms with E-state index in [4.69, 9.17) is 4.74 Å². The van der Waals surface area contributed by atoms with Gasteiger partial charge in [0.1, 0.15) is 0 Å². The van der Waals surface area contributed by atoms with E-state index in [2.05, 4.69) is 21.9 Å². The predicted molar refractivity (Wildman–Crippen MR) is 71.2 cm³/mol. The average molecular weight is 296 g/mol. The van der Waals surface area contributed by atoms with Gasteiger partial charge in [-0.15, -0.1) is 0 Å². The molecule has 108 valence electrons. The van der Waals surface area contributed by atoms with E-state index in [0.29, 0.717) is 6.61 Å². The normalized spacial score (nSPS) is 11.4. The van der Waals surface area contributed by atoms with Gasteiger partial charge in [-0.25, -0.2) is 13.0 Å². The molecule has 20 heavy (non-hydrogen) atoms. The summed E-state index contributed by atoms with van der Waals surface area (Å²) in [7, 11) is -3.76. The number of rotatable bonds is 7. The van der Waals surface area contributed by atoms with Gasteiger partial charge in [0, 0.05) is 0 Å². The maximum Gasteiger partial charge on any atom is 0.295 e. The van der Waals surface area contributed by atoms with Crippen molar-refractivity contribution in [2.24, 2.45) is 0 Å². The van der Waals surface area contributed by atoms with Crippen LogP contribution in [-0.2, 0) is 9.84 Å². The first-order valence-electron chi connectivity index (χ1n) is 6.41. The van der Waals surface area contributed by atoms with Gasteiger partial charge in [0.25, 0.3) is 10.9 Å². The lowest BCUT2D eigenvalue weighted by atomic mass is 10.3. The number of aromatic nitrogens is 2. The molecule has 0 spiro atoms. The molecular weight excluding hydrogens is 280 g/mol. The van der Waals surface area contributed by atoms with Gasteiger partial charge >= 0.3 is 0 Å². The van der Waals surface area contributed by atoms with Crippen molar-refractivity contribution in [3.8, 4) is 5.88 Å². The lowest BCUT2D eigenvalue weighted by Gasteiger charge is -2.04. The Labute approximate surface area is 117 Å². The van der Waals surface area contributed by atoms with Gasteiger partial charge in [0.05, 0.1) is 11.5 Å². The number of nitrogens with zero attached hydrogens (tertiary/aromatic N) is 2. The van der Waals surface area contributed by atoms with Crippen LogP contribution >= 0.6 is 0 Å². The van der Waals surface area contributed by atoms with Crippen LogP contribution in [0.3, 0.4) is 0 Å². The summed E-state index contributed by atoms with van der Waals surface area (Å²) in [6.07, 6.45) is 2.88. The molecule has 0 unspecified atom stereocenters. The van der Waals surface area contributed by atoms with E-state index in [1.54, 1.807) is 18.2 Å². The molecular formula is C13H16N2O4S. The lowest BCUT2D eigenvalue weighted by molar-refractivity contribution is 0.251. The minimum Gasteiger partial charge on any atom is -0.473 e. The summed E-state index contributed by atoms with van der Waals surface area (Å²) in [6, 6.07) is 8.00. The third-order valence-corrected chi connectivity index (χ3v) is 4.38. The summed E-state index contributed by atoms with van der Waals surface area (Å²) in [5.74, 6) is -0.0787. The maximum atomic E-state index is 12.4. The summed E-state index contributed by atoms with van der Waals surface area (Å²) in [6.45, 7) is 2.46. The number of sulfone groups is 1. The summed E-state index contributed by atoms with van der Waals surface area (Å²) in [5, 5.41) is 6.70. The van der Waals surface area contributed by atoms with Gasteiger partial charge in [-0.3, -0.25) is 0 Å². The second kappa shape index (κ2) is 6.51. The van der Waals surface area contributed by atoms with E-state index in [1.165, 1.54) is 12.1 Å². The Kier molecular flexibility index (Phi) is 4.73. The first-order chi connectivity index (χ1) is 9.66. The fraction of sp³-hybridized carbons (Fsp3) is 0.385. The van der Waals surface area contributed by atoms with Crippen LogP contribution in [0.25, 0.3) is 0 Å². The molecule has 0 saturated heterocycles. The first-order valence-corrected chi connectivity index (χ1v) is 7.90. The lowest BCUT2D eigenvalue weighted by Crippen LogP contribution is -2.06. The number of hydrogen-bond acceptors (Lipinski definition) is 6. The Balaban J connectivity index is 2.19. The Bertz CT molecular complexity index is 637. The third-order valence-electron chi connectivity index (χ3n) is 2.73. The van der Waals surface area contributed by atoms with Crippen molar-refractivity contribution in [2.45, 2.75) is 36.1 Å². The van der Waals surface area contributed by atoms with E-state index in [-0.39, 0.29) is 15.8 Å². The Morgan fingerprint density at radius 3 is 2.60 bits per heavy atom. The van der Waals surface area contributed by atoms with Gasteiger partial charge in [-0.1, -0.05) is 38.0 Å². The largest absolute Gasteiger partial charge is 0.473 e. The SMILES string of the molecule is CCCCCOc1nonc1S(=O)(=O)c1ccccc1. The third kappa shape index (κ3) is 3.16. The zero-order valence-electron chi connectivity index (χ0n) is 11.2. The average Bonchev–Trinajstić information content (AvgIpc) is 2.94. The van der Waals surface area contributed by atoms with E-state index in [1.807, 2.05) is 0 Å². The first kappa shape index (κ1) is 14.5. The van der Waals surface area contributed by atoms with Crippen molar-refractivity contribution < 1.29 is 17.8 Å². The minimum absolute atomic E-state index is 0.0787. The molecule has 1 aromatic carbocycles. The molecule has 0 bridgehead atoms. The number of ether oxygens (including phenoxy) is 1. The maximum absolute atomic E-state index is 12.4. The van der Waals surface area contributed by atoms with Crippen LogP contribution in [0.5, 0.6) is 5.88 Å². The number of unbranched alkanes of at least 4 members (excludes halogenated alkanes) is 2. The highest BCUT2D eigenvalue weighted by molar-refractivity contribution is 7.91. The van der Waals surface area contributed by atoms with Crippen molar-refractivity contribution in [2.75, 3.05) is 6.61 Å². The van der Waals surface area contributed by atoms with E-state index in [9.17, 15) is 8.42 Å². The molecule has 2 aromatic rings. The molecule has 0 saturated carbocycles. The predicted octanol–water partition coefficient (Wildman–Crippen LogP) is 2.47. The molecule has 2 rings (SSSR count). The fourth-order valence-corrected chi connectivity index (χ4v) is 2.85. The molecule has 0 radical (unpaired) electrons. The fourth-order valence-electron chi connectivity index (χ4n) is 1.66. The van der Waals surface area contributed by atoms with Crippen molar-refractivity contribution in [1.82, 2.24) is 10.3 Å². The van der Waals surface area contributed by atoms with Crippen LogP contribution in [0, 0.1) is 0 Å². The van der Waals surface area contributed by atoms with E-state index >= 15 is 0 Å². The van der Waals surface area contributed by atoms with Gasteiger partial charge in [0.15, 0.2) is 0 Å². The monoisotopic (exact) mass is 296 g/mol. The molecule has 0 aliphatic rings. The minimum atomic E-state index is -3.76. The molecule has 0 atom stereocenters.